The van der Waals surface area contributed by atoms with Gasteiger partial charge in [-0.25, -0.2) is 4.79 Å². The van der Waals surface area contributed by atoms with E-state index >= 15 is 0 Å². The summed E-state index contributed by atoms with van der Waals surface area (Å²) in [5.74, 6) is -3.60. The molecule has 0 radical (unpaired) electrons. The number of ether oxygens (including phenoxy) is 2. The van der Waals surface area contributed by atoms with Crippen LogP contribution in [0.15, 0.2) is 0 Å². The van der Waals surface area contributed by atoms with Crippen LogP contribution in [-0.4, -0.2) is 35.7 Å². The Bertz CT molecular complexity index is 311. The van der Waals surface area contributed by atoms with Gasteiger partial charge in [-0.1, -0.05) is 19.8 Å². The van der Waals surface area contributed by atoms with E-state index in [1.165, 1.54) is 0 Å². The minimum atomic E-state index is -1.24. The molecule has 6 heteroatoms. The fourth-order valence-corrected chi connectivity index (χ4v) is 1.66. The monoisotopic (exact) mass is 244 g/mol. The second-order valence-electron chi connectivity index (χ2n) is 3.95. The lowest BCUT2D eigenvalue weighted by Gasteiger charge is -2.33. The number of carbonyl (C=O) groups is 3. The Morgan fingerprint density at radius 3 is 2.65 bits per heavy atom. The van der Waals surface area contributed by atoms with Crippen molar-refractivity contribution in [3.05, 3.63) is 0 Å². The molecule has 0 aromatic carbocycles. The predicted octanol–water partition coefficient (Wildman–Crippen LogP) is 0.736. The maximum absolute atomic E-state index is 11.4. The average molecular weight is 244 g/mol. The highest BCUT2D eigenvalue weighted by Crippen LogP contribution is 2.28. The molecule has 1 heterocycles. The molecule has 1 rings (SSSR count). The zero-order valence-corrected chi connectivity index (χ0v) is 9.68. The van der Waals surface area contributed by atoms with Gasteiger partial charge < -0.3 is 14.6 Å². The first-order valence-corrected chi connectivity index (χ1v) is 5.65. The Labute approximate surface area is 98.9 Å². The molecule has 0 saturated carbocycles. The number of cyclic esters (lactones) is 1. The maximum Gasteiger partial charge on any atom is 0.341 e. The summed E-state index contributed by atoms with van der Waals surface area (Å²) in [6, 6.07) is 0. The lowest BCUT2D eigenvalue weighted by Crippen LogP contribution is -2.50. The van der Waals surface area contributed by atoms with Gasteiger partial charge in [-0.05, 0) is 12.8 Å². The summed E-state index contributed by atoms with van der Waals surface area (Å²) in [6.07, 6.45) is 3.08. The minimum absolute atomic E-state index is 0.449. The largest absolute Gasteiger partial charge is 0.479 e. The summed E-state index contributed by atoms with van der Waals surface area (Å²) < 4.78 is 9.31. The second kappa shape index (κ2) is 6.22. The van der Waals surface area contributed by atoms with Crippen LogP contribution in [0, 0.1) is 5.92 Å². The topological polar surface area (TPSA) is 89.9 Å². The van der Waals surface area contributed by atoms with E-state index in [4.69, 9.17) is 9.84 Å². The number of hydrogen-bond donors (Lipinski definition) is 1. The van der Waals surface area contributed by atoms with Gasteiger partial charge >= 0.3 is 17.9 Å². The van der Waals surface area contributed by atoms with E-state index in [1.807, 2.05) is 6.92 Å². The Morgan fingerprint density at radius 1 is 1.41 bits per heavy atom. The van der Waals surface area contributed by atoms with E-state index < -0.39 is 36.5 Å². The lowest BCUT2D eigenvalue weighted by atomic mass is 9.92. The summed E-state index contributed by atoms with van der Waals surface area (Å²) in [7, 11) is 0. The fourth-order valence-electron chi connectivity index (χ4n) is 1.66. The standard InChI is InChI=1S/C11H16O6/c1-2-3-4-5-7-9(11(15)17-7)10(14)16-6-8(12)13/h7,9H,2-6H2,1H3,(H,12,13). The first-order chi connectivity index (χ1) is 8.06. The highest BCUT2D eigenvalue weighted by Gasteiger charge is 2.48. The van der Waals surface area contributed by atoms with Crippen LogP contribution >= 0.6 is 0 Å². The van der Waals surface area contributed by atoms with Crippen molar-refractivity contribution in [2.24, 2.45) is 5.92 Å². The molecule has 6 nitrogen and oxygen atoms in total. The minimum Gasteiger partial charge on any atom is -0.479 e. The smallest absolute Gasteiger partial charge is 0.341 e. The van der Waals surface area contributed by atoms with Crippen molar-refractivity contribution in [1.29, 1.82) is 0 Å². The van der Waals surface area contributed by atoms with E-state index in [0.717, 1.165) is 19.3 Å². The van der Waals surface area contributed by atoms with Crippen molar-refractivity contribution in [1.82, 2.24) is 0 Å². The van der Waals surface area contributed by atoms with Gasteiger partial charge in [0.2, 0.25) is 0 Å². The van der Waals surface area contributed by atoms with Crippen molar-refractivity contribution >= 4 is 17.9 Å². The van der Waals surface area contributed by atoms with Crippen molar-refractivity contribution in [2.75, 3.05) is 6.61 Å². The van der Waals surface area contributed by atoms with E-state index in [9.17, 15) is 14.4 Å². The van der Waals surface area contributed by atoms with Gasteiger partial charge in [0.15, 0.2) is 12.5 Å². The quantitative estimate of drug-likeness (QED) is 0.403. The van der Waals surface area contributed by atoms with Crippen molar-refractivity contribution in [2.45, 2.75) is 38.7 Å². The number of esters is 2. The van der Waals surface area contributed by atoms with Gasteiger partial charge in [0.25, 0.3) is 0 Å². The SMILES string of the molecule is CCCCCC1OC(=O)C1C(=O)OCC(=O)O. The first-order valence-electron chi connectivity index (χ1n) is 5.65. The first kappa shape index (κ1) is 13.5. The van der Waals surface area contributed by atoms with Crippen molar-refractivity contribution < 1.29 is 29.0 Å². The lowest BCUT2D eigenvalue weighted by molar-refractivity contribution is -0.196. The third kappa shape index (κ3) is 3.72. The third-order valence-electron chi connectivity index (χ3n) is 2.58. The molecule has 0 spiro atoms. The van der Waals surface area contributed by atoms with Gasteiger partial charge in [-0.3, -0.25) is 9.59 Å². The molecule has 1 fully saturated rings. The molecule has 1 aliphatic heterocycles. The van der Waals surface area contributed by atoms with Crippen molar-refractivity contribution in [3.8, 4) is 0 Å². The van der Waals surface area contributed by atoms with Crippen LogP contribution in [0.3, 0.4) is 0 Å². The Balaban J connectivity index is 2.36. The van der Waals surface area contributed by atoms with E-state index in [1.54, 1.807) is 0 Å². The Morgan fingerprint density at radius 2 is 2.12 bits per heavy atom. The molecule has 0 aromatic heterocycles. The molecule has 1 N–H and O–H groups in total. The summed E-state index contributed by atoms with van der Waals surface area (Å²) >= 11 is 0. The number of carbonyl (C=O) groups excluding carboxylic acids is 2. The summed E-state index contributed by atoms with van der Waals surface area (Å²) in [4.78, 5) is 32.7. The molecule has 0 aromatic rings. The van der Waals surface area contributed by atoms with Crippen LogP contribution in [0.5, 0.6) is 0 Å². The average Bonchev–Trinajstić information content (AvgIpc) is 2.25. The summed E-state index contributed by atoms with van der Waals surface area (Å²) in [5.41, 5.74) is 0. The van der Waals surface area contributed by atoms with E-state index in [-0.39, 0.29) is 0 Å². The van der Waals surface area contributed by atoms with Gasteiger partial charge in [-0.15, -0.1) is 0 Å². The van der Waals surface area contributed by atoms with Gasteiger partial charge in [0.1, 0.15) is 6.10 Å². The maximum atomic E-state index is 11.4. The van der Waals surface area contributed by atoms with Gasteiger partial charge in [-0.2, -0.15) is 0 Å². The number of unbranched alkanes of at least 4 members (excludes halogenated alkanes) is 2. The molecule has 0 bridgehead atoms. The molecular formula is C11H16O6. The van der Waals surface area contributed by atoms with Crippen LogP contribution in [0.4, 0.5) is 0 Å². The number of hydrogen-bond acceptors (Lipinski definition) is 5. The third-order valence-corrected chi connectivity index (χ3v) is 2.58. The van der Waals surface area contributed by atoms with Crippen molar-refractivity contribution in [3.63, 3.8) is 0 Å². The highest BCUT2D eigenvalue weighted by atomic mass is 16.6. The fraction of sp³-hybridized carbons (Fsp3) is 0.727. The Kier molecular flexibility index (Phi) is 4.93. The molecule has 0 amide bonds. The van der Waals surface area contributed by atoms with Gasteiger partial charge in [0.05, 0.1) is 0 Å². The zero-order valence-electron chi connectivity index (χ0n) is 9.68. The molecule has 2 unspecified atom stereocenters. The number of carboxylic acids is 1. The zero-order chi connectivity index (χ0) is 12.8. The normalized spacial score (nSPS) is 22.5. The second-order valence-corrected chi connectivity index (χ2v) is 3.95. The Hall–Kier alpha value is -1.59. The van der Waals surface area contributed by atoms with E-state index in [2.05, 4.69) is 4.74 Å². The molecular weight excluding hydrogens is 228 g/mol. The number of rotatable bonds is 7. The van der Waals surface area contributed by atoms with Crippen LogP contribution in [0.1, 0.15) is 32.6 Å². The van der Waals surface area contributed by atoms with Crippen LogP contribution in [0.2, 0.25) is 0 Å². The molecule has 1 saturated heterocycles. The molecule has 2 atom stereocenters. The van der Waals surface area contributed by atoms with Gasteiger partial charge in [0, 0.05) is 0 Å². The predicted molar refractivity (Wildman–Crippen MR) is 56.1 cm³/mol. The van der Waals surface area contributed by atoms with Crippen LogP contribution in [-0.2, 0) is 23.9 Å². The number of aliphatic carboxylic acids is 1. The molecule has 17 heavy (non-hydrogen) atoms. The molecule has 1 aliphatic rings. The van der Waals surface area contributed by atoms with E-state index in [0.29, 0.717) is 6.42 Å². The summed E-state index contributed by atoms with van der Waals surface area (Å²) in [5, 5.41) is 8.35. The molecule has 96 valence electrons. The summed E-state index contributed by atoms with van der Waals surface area (Å²) in [6.45, 7) is 1.33. The van der Waals surface area contributed by atoms with Crippen LogP contribution in [0.25, 0.3) is 0 Å². The number of carboxylic acid groups (broad SMARTS) is 1. The van der Waals surface area contributed by atoms with Crippen LogP contribution < -0.4 is 0 Å². The molecule has 0 aliphatic carbocycles. The highest BCUT2D eigenvalue weighted by molar-refractivity contribution is 5.99.